The van der Waals surface area contributed by atoms with Crippen LogP contribution in [0.5, 0.6) is 0 Å². The van der Waals surface area contributed by atoms with E-state index in [1.807, 2.05) is 0 Å². The van der Waals surface area contributed by atoms with Crippen LogP contribution < -0.4 is 5.32 Å². The second-order valence-electron chi connectivity index (χ2n) is 6.41. The number of hydrogen-bond donors (Lipinski definition) is 1. The van der Waals surface area contributed by atoms with Gasteiger partial charge in [0.05, 0.1) is 13.2 Å². The third kappa shape index (κ3) is 2.32. The zero-order chi connectivity index (χ0) is 12.6. The molecule has 1 saturated heterocycles. The first-order valence-electron chi connectivity index (χ1n) is 7.03. The number of nitrogens with one attached hydrogen (secondary N) is 1. The second-order valence-corrected chi connectivity index (χ2v) is 6.41. The Morgan fingerprint density at radius 2 is 2.00 bits per heavy atom. The van der Waals surface area contributed by atoms with Crippen molar-refractivity contribution in [1.82, 2.24) is 5.32 Å². The summed E-state index contributed by atoms with van der Waals surface area (Å²) < 4.78 is 5.29. The van der Waals surface area contributed by atoms with Gasteiger partial charge in [-0.1, -0.05) is 31.2 Å². The van der Waals surface area contributed by atoms with Gasteiger partial charge in [0.25, 0.3) is 0 Å². The molecule has 2 nitrogen and oxygen atoms in total. The lowest BCUT2D eigenvalue weighted by atomic mass is 9.74. The summed E-state index contributed by atoms with van der Waals surface area (Å²) in [6.45, 7) is 7.49. The third-order valence-corrected chi connectivity index (χ3v) is 4.48. The van der Waals surface area contributed by atoms with Gasteiger partial charge in [-0.25, -0.2) is 0 Å². The Kier molecular flexibility index (Phi) is 3.16. The zero-order valence-electron chi connectivity index (χ0n) is 11.4. The monoisotopic (exact) mass is 245 g/mol. The van der Waals surface area contributed by atoms with Crippen LogP contribution in [0.25, 0.3) is 0 Å². The standard InChI is InChI=1S/C16H23NO/c1-12-5-3-4-6-15(12)13-7-14(8-13)17-9-16(2)10-18-11-16/h3-6,13-14,17H,7-11H2,1-2H3. The molecule has 2 heteroatoms. The van der Waals surface area contributed by atoms with E-state index in [2.05, 4.69) is 43.4 Å². The molecular weight excluding hydrogens is 222 g/mol. The van der Waals surface area contributed by atoms with Gasteiger partial charge in [-0.3, -0.25) is 0 Å². The Balaban J connectivity index is 1.47. The summed E-state index contributed by atoms with van der Waals surface area (Å²) in [5.41, 5.74) is 3.39. The molecule has 1 aromatic carbocycles. The van der Waals surface area contributed by atoms with Crippen molar-refractivity contribution in [1.29, 1.82) is 0 Å². The highest BCUT2D eigenvalue weighted by Gasteiger charge is 2.36. The molecule has 3 rings (SSSR count). The minimum Gasteiger partial charge on any atom is -0.380 e. The van der Waals surface area contributed by atoms with E-state index in [4.69, 9.17) is 4.74 Å². The van der Waals surface area contributed by atoms with Crippen molar-refractivity contribution in [3.8, 4) is 0 Å². The third-order valence-electron chi connectivity index (χ3n) is 4.48. The fourth-order valence-electron chi connectivity index (χ4n) is 3.03. The normalized spacial score (nSPS) is 29.4. The van der Waals surface area contributed by atoms with E-state index in [9.17, 15) is 0 Å². The van der Waals surface area contributed by atoms with Crippen LogP contribution in [0.1, 0.15) is 36.8 Å². The van der Waals surface area contributed by atoms with Gasteiger partial charge >= 0.3 is 0 Å². The van der Waals surface area contributed by atoms with Crippen molar-refractivity contribution in [2.24, 2.45) is 5.41 Å². The summed E-state index contributed by atoms with van der Waals surface area (Å²) in [5, 5.41) is 3.70. The molecule has 0 spiro atoms. The number of ether oxygens (including phenoxy) is 1. The highest BCUT2D eigenvalue weighted by molar-refractivity contribution is 5.31. The fraction of sp³-hybridized carbons (Fsp3) is 0.625. The Morgan fingerprint density at radius 1 is 1.28 bits per heavy atom. The van der Waals surface area contributed by atoms with Crippen LogP contribution in [-0.4, -0.2) is 25.8 Å². The summed E-state index contributed by atoms with van der Waals surface area (Å²) in [4.78, 5) is 0. The topological polar surface area (TPSA) is 21.3 Å². The van der Waals surface area contributed by atoms with Crippen molar-refractivity contribution >= 4 is 0 Å². The summed E-state index contributed by atoms with van der Waals surface area (Å²) in [6.07, 6.45) is 2.59. The first-order chi connectivity index (χ1) is 8.66. The Hall–Kier alpha value is -0.860. The minimum atomic E-state index is 0.397. The molecule has 0 aromatic heterocycles. The lowest BCUT2D eigenvalue weighted by Gasteiger charge is -2.43. The molecule has 1 aliphatic carbocycles. The largest absolute Gasteiger partial charge is 0.380 e. The van der Waals surface area contributed by atoms with Gasteiger partial charge < -0.3 is 10.1 Å². The van der Waals surface area contributed by atoms with E-state index in [0.717, 1.165) is 25.7 Å². The van der Waals surface area contributed by atoms with E-state index in [-0.39, 0.29) is 0 Å². The smallest absolute Gasteiger partial charge is 0.0554 e. The van der Waals surface area contributed by atoms with Crippen LogP contribution in [0.4, 0.5) is 0 Å². The molecule has 0 bridgehead atoms. The molecule has 2 aliphatic rings. The van der Waals surface area contributed by atoms with Gasteiger partial charge in [0.1, 0.15) is 0 Å². The number of hydrogen-bond acceptors (Lipinski definition) is 2. The maximum atomic E-state index is 5.29. The molecule has 1 N–H and O–H groups in total. The number of benzene rings is 1. The molecule has 2 fully saturated rings. The molecule has 0 unspecified atom stereocenters. The van der Waals surface area contributed by atoms with Crippen LogP contribution >= 0.6 is 0 Å². The van der Waals surface area contributed by atoms with E-state index in [1.54, 1.807) is 5.56 Å². The molecule has 1 heterocycles. The zero-order valence-corrected chi connectivity index (χ0v) is 11.4. The highest BCUT2D eigenvalue weighted by atomic mass is 16.5. The summed E-state index contributed by atoms with van der Waals surface area (Å²) in [6, 6.07) is 9.52. The maximum absolute atomic E-state index is 5.29. The van der Waals surface area contributed by atoms with E-state index >= 15 is 0 Å². The first kappa shape index (κ1) is 12.2. The van der Waals surface area contributed by atoms with Crippen LogP contribution in [0.15, 0.2) is 24.3 Å². The second kappa shape index (κ2) is 4.67. The predicted octanol–water partition coefficient (Wildman–Crippen LogP) is 2.87. The molecule has 0 radical (unpaired) electrons. The molecule has 1 saturated carbocycles. The minimum absolute atomic E-state index is 0.397. The van der Waals surface area contributed by atoms with Gasteiger partial charge in [-0.05, 0) is 36.8 Å². The molecule has 1 aliphatic heterocycles. The van der Waals surface area contributed by atoms with Crippen molar-refractivity contribution in [3.63, 3.8) is 0 Å². The lowest BCUT2D eigenvalue weighted by Crippen LogP contribution is -2.51. The van der Waals surface area contributed by atoms with Crippen LogP contribution in [0.2, 0.25) is 0 Å². The molecule has 0 amide bonds. The Bertz CT molecular complexity index is 419. The van der Waals surface area contributed by atoms with Crippen molar-refractivity contribution < 1.29 is 4.74 Å². The van der Waals surface area contributed by atoms with Crippen molar-refractivity contribution in [3.05, 3.63) is 35.4 Å². The van der Waals surface area contributed by atoms with E-state index in [1.165, 1.54) is 18.4 Å². The molecule has 1 aromatic rings. The summed E-state index contributed by atoms with van der Waals surface area (Å²) in [7, 11) is 0. The molecular formula is C16H23NO. The Labute approximate surface area is 110 Å². The van der Waals surface area contributed by atoms with Gasteiger partial charge in [-0.2, -0.15) is 0 Å². The average Bonchev–Trinajstić information content (AvgIpc) is 2.27. The molecule has 18 heavy (non-hydrogen) atoms. The van der Waals surface area contributed by atoms with Gasteiger partial charge in [-0.15, -0.1) is 0 Å². The SMILES string of the molecule is Cc1ccccc1C1CC(NCC2(C)COC2)C1. The highest BCUT2D eigenvalue weighted by Crippen LogP contribution is 2.38. The molecule has 98 valence electrons. The lowest BCUT2D eigenvalue weighted by molar-refractivity contribution is -0.101. The van der Waals surface area contributed by atoms with E-state index < -0.39 is 0 Å². The van der Waals surface area contributed by atoms with E-state index in [0.29, 0.717) is 11.5 Å². The maximum Gasteiger partial charge on any atom is 0.0554 e. The van der Waals surface area contributed by atoms with Crippen molar-refractivity contribution in [2.45, 2.75) is 38.6 Å². The fourth-order valence-corrected chi connectivity index (χ4v) is 3.03. The van der Waals surface area contributed by atoms with Crippen LogP contribution in [-0.2, 0) is 4.74 Å². The molecule has 0 atom stereocenters. The van der Waals surface area contributed by atoms with Crippen LogP contribution in [0, 0.1) is 12.3 Å². The van der Waals surface area contributed by atoms with Gasteiger partial charge in [0, 0.05) is 18.0 Å². The summed E-state index contributed by atoms with van der Waals surface area (Å²) in [5.74, 6) is 0.772. The van der Waals surface area contributed by atoms with Gasteiger partial charge in [0.15, 0.2) is 0 Å². The summed E-state index contributed by atoms with van der Waals surface area (Å²) >= 11 is 0. The van der Waals surface area contributed by atoms with Gasteiger partial charge in [0.2, 0.25) is 0 Å². The average molecular weight is 245 g/mol. The van der Waals surface area contributed by atoms with Crippen LogP contribution in [0.3, 0.4) is 0 Å². The van der Waals surface area contributed by atoms with Crippen molar-refractivity contribution in [2.75, 3.05) is 19.8 Å². The number of rotatable bonds is 4. The first-order valence-corrected chi connectivity index (χ1v) is 7.03. The predicted molar refractivity (Wildman–Crippen MR) is 73.9 cm³/mol. The quantitative estimate of drug-likeness (QED) is 0.880. The number of aryl methyl sites for hydroxylation is 1. The Morgan fingerprint density at radius 3 is 2.61 bits per heavy atom.